The van der Waals surface area contributed by atoms with Crippen LogP contribution in [-0.4, -0.2) is 31.3 Å². The Kier molecular flexibility index (Phi) is 6.27. The van der Waals surface area contributed by atoms with Crippen LogP contribution in [0.5, 0.6) is 0 Å². The summed E-state index contributed by atoms with van der Waals surface area (Å²) in [5, 5.41) is 8.57. The normalized spacial score (nSPS) is 11.2. The van der Waals surface area contributed by atoms with Crippen molar-refractivity contribution in [3.63, 3.8) is 0 Å². The number of rotatable bonds is 6. The number of amides is 2. The van der Waals surface area contributed by atoms with E-state index in [1.807, 2.05) is 36.0 Å². The molecule has 0 aliphatic rings. The summed E-state index contributed by atoms with van der Waals surface area (Å²) in [5.41, 5.74) is 3.05. The molecule has 2 heterocycles. The molecule has 2 aromatic carbocycles. The standard InChI is InChI=1S/C21H18ClN5O4S2/c1-23-15-4-2-3-13(11-15)17-12-19(28)27(25-17)16-7-5-14(6-8-16)24-21(29)26-33(30,31)20-10-9-18(22)32-20/h2-12,23,25H,1H3,(H2,24,26,29). The average Bonchev–Trinajstić information content (AvgIpc) is 3.40. The van der Waals surface area contributed by atoms with E-state index >= 15 is 0 Å². The Morgan fingerprint density at radius 2 is 1.79 bits per heavy atom. The number of carbonyl (C=O) groups excluding carboxylic acids is 1. The number of nitrogens with zero attached hydrogens (tertiary/aromatic N) is 1. The van der Waals surface area contributed by atoms with Gasteiger partial charge in [-0.3, -0.25) is 9.89 Å². The molecule has 170 valence electrons. The predicted molar refractivity (Wildman–Crippen MR) is 130 cm³/mol. The van der Waals surface area contributed by atoms with Crippen molar-refractivity contribution in [3.05, 3.63) is 81.4 Å². The maximum absolute atomic E-state index is 12.5. The van der Waals surface area contributed by atoms with Gasteiger partial charge >= 0.3 is 6.03 Å². The van der Waals surface area contributed by atoms with Gasteiger partial charge in [-0.15, -0.1) is 11.3 Å². The lowest BCUT2D eigenvalue weighted by molar-refractivity contribution is 0.256. The molecule has 0 spiro atoms. The Hall–Kier alpha value is -3.54. The Morgan fingerprint density at radius 1 is 1.03 bits per heavy atom. The van der Waals surface area contributed by atoms with E-state index in [9.17, 15) is 18.0 Å². The van der Waals surface area contributed by atoms with Crippen molar-refractivity contribution in [2.45, 2.75) is 4.21 Å². The highest BCUT2D eigenvalue weighted by molar-refractivity contribution is 7.92. The van der Waals surface area contributed by atoms with Crippen molar-refractivity contribution < 1.29 is 13.2 Å². The monoisotopic (exact) mass is 503 g/mol. The number of thiophene rings is 1. The molecule has 4 aromatic rings. The number of hydrogen-bond acceptors (Lipinski definition) is 6. The van der Waals surface area contributed by atoms with Crippen LogP contribution in [0, 0.1) is 0 Å². The van der Waals surface area contributed by atoms with E-state index < -0.39 is 16.1 Å². The Balaban J connectivity index is 1.48. The van der Waals surface area contributed by atoms with E-state index in [1.165, 1.54) is 22.9 Å². The third-order valence-electron chi connectivity index (χ3n) is 4.61. The van der Waals surface area contributed by atoms with Crippen LogP contribution in [-0.2, 0) is 10.0 Å². The molecule has 2 aromatic heterocycles. The number of aromatic amines is 1. The molecule has 0 aliphatic carbocycles. The molecule has 0 radical (unpaired) electrons. The number of anilines is 2. The minimum atomic E-state index is -4.03. The smallest absolute Gasteiger partial charge is 0.333 e. The van der Waals surface area contributed by atoms with Crippen LogP contribution in [0.2, 0.25) is 4.34 Å². The third-order valence-corrected chi connectivity index (χ3v) is 7.66. The molecule has 0 aliphatic heterocycles. The van der Waals surface area contributed by atoms with Crippen LogP contribution in [0.15, 0.2) is 75.7 Å². The largest absolute Gasteiger partial charge is 0.388 e. The van der Waals surface area contributed by atoms with E-state index in [2.05, 4.69) is 15.7 Å². The topological polar surface area (TPSA) is 125 Å². The second-order valence-corrected chi connectivity index (χ2v) is 10.5. The van der Waals surface area contributed by atoms with Crippen LogP contribution in [0.3, 0.4) is 0 Å². The quantitative estimate of drug-likeness (QED) is 0.315. The summed E-state index contributed by atoms with van der Waals surface area (Å²) in [6.45, 7) is 0. The van der Waals surface area contributed by atoms with Gasteiger partial charge in [-0.1, -0.05) is 23.7 Å². The van der Waals surface area contributed by atoms with Gasteiger partial charge in [0, 0.05) is 30.1 Å². The summed E-state index contributed by atoms with van der Waals surface area (Å²) in [5.74, 6) is 0. The van der Waals surface area contributed by atoms with Crippen molar-refractivity contribution >= 4 is 50.4 Å². The number of benzene rings is 2. The molecule has 33 heavy (non-hydrogen) atoms. The van der Waals surface area contributed by atoms with Crippen molar-refractivity contribution in [1.29, 1.82) is 0 Å². The van der Waals surface area contributed by atoms with Crippen LogP contribution < -0.4 is 20.9 Å². The Morgan fingerprint density at radius 3 is 2.45 bits per heavy atom. The molecule has 12 heteroatoms. The summed E-state index contributed by atoms with van der Waals surface area (Å²) in [7, 11) is -2.21. The third kappa shape index (κ3) is 5.11. The number of halogens is 1. The van der Waals surface area contributed by atoms with Gasteiger partial charge in [0.05, 0.1) is 15.7 Å². The van der Waals surface area contributed by atoms with Crippen LogP contribution in [0.25, 0.3) is 16.9 Å². The summed E-state index contributed by atoms with van der Waals surface area (Å²) in [6, 6.07) is 17.3. The molecule has 0 fully saturated rings. The van der Waals surface area contributed by atoms with Gasteiger partial charge in [0.15, 0.2) is 0 Å². The van der Waals surface area contributed by atoms with Gasteiger partial charge in [-0.05, 0) is 48.5 Å². The van der Waals surface area contributed by atoms with Gasteiger partial charge in [0.25, 0.3) is 15.6 Å². The second kappa shape index (κ2) is 9.14. The zero-order valence-corrected chi connectivity index (χ0v) is 19.5. The zero-order valence-electron chi connectivity index (χ0n) is 17.1. The van der Waals surface area contributed by atoms with Gasteiger partial charge in [-0.25, -0.2) is 22.6 Å². The molecule has 4 N–H and O–H groups in total. The highest BCUT2D eigenvalue weighted by Crippen LogP contribution is 2.25. The van der Waals surface area contributed by atoms with Crippen LogP contribution >= 0.6 is 22.9 Å². The lowest BCUT2D eigenvalue weighted by Crippen LogP contribution is -2.33. The van der Waals surface area contributed by atoms with Crippen molar-refractivity contribution in [3.8, 4) is 16.9 Å². The minimum Gasteiger partial charge on any atom is -0.388 e. The number of sulfonamides is 1. The fourth-order valence-corrected chi connectivity index (χ4v) is 5.43. The SMILES string of the molecule is CNc1cccc(-c2cc(=O)n(-c3ccc(NC(=O)NS(=O)(=O)c4ccc(Cl)s4)cc3)[nH]2)c1. The number of urea groups is 1. The lowest BCUT2D eigenvalue weighted by Gasteiger charge is -2.08. The van der Waals surface area contributed by atoms with Crippen LogP contribution in [0.1, 0.15) is 0 Å². The van der Waals surface area contributed by atoms with E-state index in [4.69, 9.17) is 11.6 Å². The van der Waals surface area contributed by atoms with Crippen molar-refractivity contribution in [1.82, 2.24) is 14.5 Å². The van der Waals surface area contributed by atoms with Gasteiger partial charge in [0.1, 0.15) is 4.21 Å². The van der Waals surface area contributed by atoms with E-state index in [0.29, 0.717) is 21.4 Å². The van der Waals surface area contributed by atoms with Crippen molar-refractivity contribution in [2.24, 2.45) is 0 Å². The van der Waals surface area contributed by atoms with Gasteiger partial charge in [0.2, 0.25) is 0 Å². The first-order valence-corrected chi connectivity index (χ1v) is 12.2. The molecule has 0 unspecified atom stereocenters. The molecule has 9 nitrogen and oxygen atoms in total. The molecule has 4 rings (SSSR count). The Labute approximate surface area is 198 Å². The lowest BCUT2D eigenvalue weighted by atomic mass is 10.1. The first kappa shape index (κ1) is 22.6. The van der Waals surface area contributed by atoms with E-state index in [-0.39, 0.29) is 9.77 Å². The summed E-state index contributed by atoms with van der Waals surface area (Å²) >= 11 is 6.60. The number of aromatic nitrogens is 2. The first-order valence-electron chi connectivity index (χ1n) is 9.55. The maximum Gasteiger partial charge on any atom is 0.333 e. The fraction of sp³-hybridized carbons (Fsp3) is 0.0476. The van der Waals surface area contributed by atoms with Crippen molar-refractivity contribution in [2.75, 3.05) is 17.7 Å². The highest BCUT2D eigenvalue weighted by Gasteiger charge is 2.20. The highest BCUT2D eigenvalue weighted by atomic mass is 35.5. The molecule has 0 atom stereocenters. The first-order chi connectivity index (χ1) is 15.7. The zero-order chi connectivity index (χ0) is 23.6. The number of carbonyl (C=O) groups is 1. The summed E-state index contributed by atoms with van der Waals surface area (Å²) in [6.07, 6.45) is 0. The average molecular weight is 504 g/mol. The molecule has 0 saturated carbocycles. The molecule has 0 saturated heterocycles. The summed E-state index contributed by atoms with van der Waals surface area (Å²) < 4.78 is 28.0. The fourth-order valence-electron chi connectivity index (χ4n) is 3.04. The number of hydrogen-bond donors (Lipinski definition) is 4. The molecular formula is C21H18ClN5O4S2. The van der Waals surface area contributed by atoms with E-state index in [1.54, 1.807) is 24.3 Å². The molecular weight excluding hydrogens is 486 g/mol. The predicted octanol–water partition coefficient (Wildman–Crippen LogP) is 4.10. The van der Waals surface area contributed by atoms with Gasteiger partial charge < -0.3 is 10.6 Å². The maximum atomic E-state index is 12.5. The molecule has 0 bridgehead atoms. The Bertz CT molecular complexity index is 1470. The number of H-pyrrole nitrogens is 1. The number of nitrogens with one attached hydrogen (secondary N) is 4. The summed E-state index contributed by atoms with van der Waals surface area (Å²) in [4.78, 5) is 24.6. The van der Waals surface area contributed by atoms with E-state index in [0.717, 1.165) is 22.6 Å². The van der Waals surface area contributed by atoms with Gasteiger partial charge in [-0.2, -0.15) is 0 Å². The molecule has 2 amide bonds. The van der Waals surface area contributed by atoms with Crippen LogP contribution in [0.4, 0.5) is 16.2 Å². The second-order valence-electron chi connectivity index (χ2n) is 6.84. The minimum absolute atomic E-state index is 0.0693.